The Morgan fingerprint density at radius 3 is 2.44 bits per heavy atom. The molecule has 0 heterocycles. The lowest BCUT2D eigenvalue weighted by Gasteiger charge is -2.27. The Hall–Kier alpha value is -1.56. The molecule has 6 heteroatoms. The molecule has 1 aromatic carbocycles. The summed E-state index contributed by atoms with van der Waals surface area (Å²) in [5.41, 5.74) is -0.685. The van der Waals surface area contributed by atoms with E-state index >= 15 is 0 Å². The fourth-order valence-corrected chi connectivity index (χ4v) is 1.53. The van der Waals surface area contributed by atoms with Gasteiger partial charge in [-0.05, 0) is 19.4 Å². The Morgan fingerprint density at radius 1 is 1.39 bits per heavy atom. The molecule has 1 aromatic rings. The number of rotatable bonds is 4. The molecule has 0 saturated heterocycles. The van der Waals surface area contributed by atoms with Crippen LogP contribution in [0.5, 0.6) is 0 Å². The second-order valence-electron chi connectivity index (χ2n) is 4.27. The molecule has 0 bridgehead atoms. The zero-order valence-electron chi connectivity index (χ0n) is 10.0. The monoisotopic (exact) mass is 261 g/mol. The van der Waals surface area contributed by atoms with Crippen LogP contribution in [0.4, 0.5) is 13.2 Å². The smallest absolute Gasteiger partial charge is 0.401 e. The Balaban J connectivity index is 3.04. The minimum atomic E-state index is -4.46. The summed E-state index contributed by atoms with van der Waals surface area (Å²) >= 11 is 0. The average Bonchev–Trinajstić information content (AvgIpc) is 2.24. The Morgan fingerprint density at radius 2 is 2.00 bits per heavy atom. The average molecular weight is 261 g/mol. The van der Waals surface area contributed by atoms with E-state index in [4.69, 9.17) is 5.11 Å². The summed E-state index contributed by atoms with van der Waals surface area (Å²) in [6.45, 7) is 1.61. The maximum Gasteiger partial charge on any atom is 0.401 e. The third kappa shape index (κ3) is 3.46. The van der Waals surface area contributed by atoms with E-state index in [2.05, 4.69) is 5.32 Å². The Labute approximate surface area is 103 Å². The first-order chi connectivity index (χ1) is 8.15. The molecule has 0 aliphatic carbocycles. The SMILES string of the molecule is Cc1cccc(C(C)(NCC(F)(F)F)C(=O)O)c1. The largest absolute Gasteiger partial charge is 0.480 e. The second kappa shape index (κ2) is 4.97. The fourth-order valence-electron chi connectivity index (χ4n) is 1.53. The molecule has 1 rings (SSSR count). The molecule has 0 aliphatic heterocycles. The van der Waals surface area contributed by atoms with E-state index in [1.165, 1.54) is 13.0 Å². The summed E-state index contributed by atoms with van der Waals surface area (Å²) in [5, 5.41) is 11.2. The van der Waals surface area contributed by atoms with E-state index in [9.17, 15) is 18.0 Å². The number of nitrogens with one attached hydrogen (secondary N) is 1. The van der Waals surface area contributed by atoms with Crippen molar-refractivity contribution in [2.75, 3.05) is 6.54 Å². The molecule has 2 N–H and O–H groups in total. The van der Waals surface area contributed by atoms with Crippen molar-refractivity contribution < 1.29 is 23.1 Å². The number of carboxylic acids is 1. The van der Waals surface area contributed by atoms with Crippen LogP contribution < -0.4 is 5.32 Å². The van der Waals surface area contributed by atoms with Crippen molar-refractivity contribution in [2.45, 2.75) is 25.6 Å². The first-order valence-corrected chi connectivity index (χ1v) is 5.27. The van der Waals surface area contributed by atoms with Crippen LogP contribution in [0.3, 0.4) is 0 Å². The van der Waals surface area contributed by atoms with E-state index < -0.39 is 24.2 Å². The van der Waals surface area contributed by atoms with Gasteiger partial charge in [0, 0.05) is 0 Å². The molecule has 1 unspecified atom stereocenters. The predicted molar refractivity (Wildman–Crippen MR) is 60.2 cm³/mol. The highest BCUT2D eigenvalue weighted by molar-refractivity contribution is 5.80. The topological polar surface area (TPSA) is 49.3 Å². The Kier molecular flexibility index (Phi) is 4.01. The van der Waals surface area contributed by atoms with Gasteiger partial charge in [0.15, 0.2) is 0 Å². The van der Waals surface area contributed by atoms with Gasteiger partial charge in [0.2, 0.25) is 0 Å². The molecule has 0 aromatic heterocycles. The van der Waals surface area contributed by atoms with Crippen LogP contribution in [-0.2, 0) is 10.3 Å². The number of carbonyl (C=O) groups is 1. The number of alkyl halides is 3. The highest BCUT2D eigenvalue weighted by Crippen LogP contribution is 2.24. The van der Waals surface area contributed by atoms with Gasteiger partial charge in [0.05, 0.1) is 6.54 Å². The van der Waals surface area contributed by atoms with Crippen molar-refractivity contribution >= 4 is 5.97 Å². The summed E-state index contributed by atoms with van der Waals surface area (Å²) in [6, 6.07) is 6.40. The molecule has 0 aliphatic rings. The van der Waals surface area contributed by atoms with Gasteiger partial charge < -0.3 is 5.11 Å². The van der Waals surface area contributed by atoms with Crippen molar-refractivity contribution in [2.24, 2.45) is 0 Å². The molecular weight excluding hydrogens is 247 g/mol. The van der Waals surface area contributed by atoms with E-state index in [1.54, 1.807) is 25.1 Å². The molecule has 0 saturated carbocycles. The van der Waals surface area contributed by atoms with Crippen LogP contribution in [-0.4, -0.2) is 23.8 Å². The maximum atomic E-state index is 12.2. The van der Waals surface area contributed by atoms with Crippen LogP contribution in [0, 0.1) is 6.92 Å². The zero-order valence-corrected chi connectivity index (χ0v) is 10.0. The zero-order chi connectivity index (χ0) is 14.0. The third-order valence-corrected chi connectivity index (χ3v) is 2.67. The number of hydrogen-bond acceptors (Lipinski definition) is 2. The minimum absolute atomic E-state index is 0.291. The van der Waals surface area contributed by atoms with Crippen LogP contribution in [0.25, 0.3) is 0 Å². The number of hydrogen-bond donors (Lipinski definition) is 2. The summed E-state index contributed by atoms with van der Waals surface area (Å²) in [7, 11) is 0. The third-order valence-electron chi connectivity index (χ3n) is 2.67. The number of carboxylic acid groups (broad SMARTS) is 1. The van der Waals surface area contributed by atoms with Crippen molar-refractivity contribution in [1.29, 1.82) is 0 Å². The van der Waals surface area contributed by atoms with Crippen LogP contribution in [0.1, 0.15) is 18.1 Å². The lowest BCUT2D eigenvalue weighted by Crippen LogP contribution is -2.50. The van der Waals surface area contributed by atoms with Gasteiger partial charge in [0.25, 0.3) is 0 Å². The van der Waals surface area contributed by atoms with Crippen molar-refractivity contribution in [3.63, 3.8) is 0 Å². The predicted octanol–water partition coefficient (Wildman–Crippen LogP) is 2.45. The normalized spacial score (nSPS) is 15.2. The first-order valence-electron chi connectivity index (χ1n) is 5.27. The van der Waals surface area contributed by atoms with Crippen LogP contribution >= 0.6 is 0 Å². The molecule has 1 atom stereocenters. The van der Waals surface area contributed by atoms with Gasteiger partial charge in [-0.3, -0.25) is 5.32 Å². The van der Waals surface area contributed by atoms with Crippen molar-refractivity contribution in [1.82, 2.24) is 5.32 Å². The molecule has 0 spiro atoms. The number of benzene rings is 1. The summed E-state index contributed by atoms with van der Waals surface area (Å²) < 4.78 is 36.6. The molecule has 100 valence electrons. The fraction of sp³-hybridized carbons (Fsp3) is 0.417. The van der Waals surface area contributed by atoms with Gasteiger partial charge in [-0.2, -0.15) is 13.2 Å². The number of aliphatic carboxylic acids is 1. The quantitative estimate of drug-likeness (QED) is 0.875. The van der Waals surface area contributed by atoms with Crippen LogP contribution in [0.2, 0.25) is 0 Å². The molecule has 0 radical (unpaired) electrons. The highest BCUT2D eigenvalue weighted by Gasteiger charge is 2.39. The minimum Gasteiger partial charge on any atom is -0.480 e. The van der Waals surface area contributed by atoms with Gasteiger partial charge in [-0.25, -0.2) is 4.79 Å². The van der Waals surface area contributed by atoms with Gasteiger partial charge >= 0.3 is 12.1 Å². The molecular formula is C12H14F3NO2. The second-order valence-corrected chi connectivity index (χ2v) is 4.27. The van der Waals surface area contributed by atoms with E-state index in [0.29, 0.717) is 5.56 Å². The number of halogens is 3. The van der Waals surface area contributed by atoms with E-state index in [-0.39, 0.29) is 0 Å². The first kappa shape index (κ1) is 14.5. The van der Waals surface area contributed by atoms with Crippen molar-refractivity contribution in [3.8, 4) is 0 Å². The number of aryl methyl sites for hydroxylation is 1. The molecule has 18 heavy (non-hydrogen) atoms. The highest BCUT2D eigenvalue weighted by atomic mass is 19.4. The molecule has 3 nitrogen and oxygen atoms in total. The van der Waals surface area contributed by atoms with Gasteiger partial charge in [-0.15, -0.1) is 0 Å². The van der Waals surface area contributed by atoms with Gasteiger partial charge in [-0.1, -0.05) is 29.8 Å². The molecule has 0 fully saturated rings. The Bertz CT molecular complexity index is 445. The summed E-state index contributed by atoms with van der Waals surface area (Å²) in [4.78, 5) is 11.2. The lowest BCUT2D eigenvalue weighted by molar-refractivity contribution is -0.150. The van der Waals surface area contributed by atoms with E-state index in [1.807, 2.05) is 0 Å². The summed E-state index contributed by atoms with van der Waals surface area (Å²) in [6.07, 6.45) is -4.46. The summed E-state index contributed by atoms with van der Waals surface area (Å²) in [5.74, 6) is -1.35. The van der Waals surface area contributed by atoms with E-state index in [0.717, 1.165) is 5.56 Å². The standard InChI is InChI=1S/C12H14F3NO2/c1-8-4-3-5-9(6-8)11(2,10(17)18)16-7-12(13,14)15/h3-6,16H,7H2,1-2H3,(H,17,18). The van der Waals surface area contributed by atoms with Gasteiger partial charge in [0.1, 0.15) is 5.54 Å². The lowest BCUT2D eigenvalue weighted by atomic mass is 9.91. The van der Waals surface area contributed by atoms with Crippen molar-refractivity contribution in [3.05, 3.63) is 35.4 Å². The van der Waals surface area contributed by atoms with Crippen LogP contribution in [0.15, 0.2) is 24.3 Å². The molecule has 0 amide bonds. The maximum absolute atomic E-state index is 12.2.